The van der Waals surface area contributed by atoms with Crippen molar-refractivity contribution in [2.45, 2.75) is 69.5 Å². The summed E-state index contributed by atoms with van der Waals surface area (Å²) < 4.78 is 33.0. The van der Waals surface area contributed by atoms with E-state index in [1.807, 2.05) is 13.8 Å². The van der Waals surface area contributed by atoms with Crippen molar-refractivity contribution in [3.8, 4) is 5.75 Å². The number of nitrogens with one attached hydrogen (secondary N) is 2. The summed E-state index contributed by atoms with van der Waals surface area (Å²) in [6.07, 6.45) is 3.27. The molecule has 24 heavy (non-hydrogen) atoms. The number of amides is 1. The van der Waals surface area contributed by atoms with Crippen LogP contribution in [0, 0.1) is 0 Å². The topological polar surface area (TPSA) is 84.5 Å². The molecule has 0 bridgehead atoms. The maximum atomic E-state index is 12.3. The largest absolute Gasteiger partial charge is 0.481 e. The number of hydrogen-bond donors (Lipinski definition) is 2. The summed E-state index contributed by atoms with van der Waals surface area (Å²) in [6, 6.07) is 6.22. The third-order valence-electron chi connectivity index (χ3n) is 3.92. The van der Waals surface area contributed by atoms with E-state index in [4.69, 9.17) is 4.74 Å². The molecule has 0 radical (unpaired) electrons. The van der Waals surface area contributed by atoms with Crippen LogP contribution in [0.3, 0.4) is 0 Å². The monoisotopic (exact) mass is 354 g/mol. The molecule has 1 aromatic carbocycles. The molecule has 1 atom stereocenters. The highest BCUT2D eigenvalue weighted by molar-refractivity contribution is 7.89. The van der Waals surface area contributed by atoms with Crippen LogP contribution in [-0.4, -0.2) is 32.5 Å². The molecule has 7 heteroatoms. The second-order valence-electron chi connectivity index (χ2n) is 6.50. The first-order valence-electron chi connectivity index (χ1n) is 8.37. The van der Waals surface area contributed by atoms with Crippen molar-refractivity contribution in [3.63, 3.8) is 0 Å². The first-order valence-corrected chi connectivity index (χ1v) is 9.85. The van der Waals surface area contributed by atoms with E-state index in [1.165, 1.54) is 12.1 Å². The Hall–Kier alpha value is -1.60. The second-order valence-corrected chi connectivity index (χ2v) is 8.21. The zero-order valence-electron chi connectivity index (χ0n) is 14.4. The molecule has 2 N–H and O–H groups in total. The molecular formula is C17H26N2O4S. The Kier molecular flexibility index (Phi) is 6.23. The van der Waals surface area contributed by atoms with Gasteiger partial charge in [0, 0.05) is 12.1 Å². The van der Waals surface area contributed by atoms with Crippen LogP contribution in [0.25, 0.3) is 0 Å². The van der Waals surface area contributed by atoms with Gasteiger partial charge in [-0.3, -0.25) is 4.79 Å². The SMILES string of the molecule is CC(C)NC(=O)[C@H](C)Oc1ccc(S(=O)(=O)NC2CCCC2)cc1. The molecule has 0 aliphatic heterocycles. The maximum absolute atomic E-state index is 12.3. The summed E-state index contributed by atoms with van der Waals surface area (Å²) in [5.41, 5.74) is 0. The van der Waals surface area contributed by atoms with Crippen molar-refractivity contribution in [2.75, 3.05) is 0 Å². The Morgan fingerprint density at radius 3 is 2.25 bits per heavy atom. The number of carbonyl (C=O) groups excluding carboxylic acids is 1. The highest BCUT2D eigenvalue weighted by Gasteiger charge is 2.23. The quantitative estimate of drug-likeness (QED) is 0.786. The van der Waals surface area contributed by atoms with Crippen molar-refractivity contribution in [3.05, 3.63) is 24.3 Å². The zero-order chi connectivity index (χ0) is 17.7. The molecule has 0 heterocycles. The Morgan fingerprint density at radius 1 is 1.12 bits per heavy atom. The summed E-state index contributed by atoms with van der Waals surface area (Å²) >= 11 is 0. The van der Waals surface area contributed by atoms with Crippen molar-refractivity contribution in [1.29, 1.82) is 0 Å². The van der Waals surface area contributed by atoms with Gasteiger partial charge in [0.2, 0.25) is 10.0 Å². The molecule has 1 aliphatic rings. The fourth-order valence-corrected chi connectivity index (χ4v) is 3.99. The maximum Gasteiger partial charge on any atom is 0.260 e. The third-order valence-corrected chi connectivity index (χ3v) is 5.46. The summed E-state index contributed by atoms with van der Waals surface area (Å²) in [5.74, 6) is 0.255. The van der Waals surface area contributed by atoms with E-state index in [0.717, 1.165) is 25.7 Å². The fraction of sp³-hybridized carbons (Fsp3) is 0.588. The van der Waals surface area contributed by atoms with Gasteiger partial charge in [0.25, 0.3) is 5.91 Å². The van der Waals surface area contributed by atoms with Gasteiger partial charge in [0.05, 0.1) is 4.90 Å². The van der Waals surface area contributed by atoms with Crippen molar-refractivity contribution in [1.82, 2.24) is 10.0 Å². The van der Waals surface area contributed by atoms with E-state index in [-0.39, 0.29) is 22.9 Å². The predicted molar refractivity (Wildman–Crippen MR) is 92.4 cm³/mol. The predicted octanol–water partition coefficient (Wildman–Crippen LogP) is 2.20. The van der Waals surface area contributed by atoms with E-state index < -0.39 is 16.1 Å². The van der Waals surface area contributed by atoms with Crippen LogP contribution in [0.4, 0.5) is 0 Å². The highest BCUT2D eigenvalue weighted by Crippen LogP contribution is 2.22. The minimum atomic E-state index is -3.51. The average Bonchev–Trinajstić information content (AvgIpc) is 2.99. The molecule has 1 aliphatic carbocycles. The lowest BCUT2D eigenvalue weighted by Crippen LogP contribution is -2.40. The van der Waals surface area contributed by atoms with Gasteiger partial charge in [0.1, 0.15) is 5.75 Å². The number of carbonyl (C=O) groups is 1. The summed E-state index contributed by atoms with van der Waals surface area (Å²) in [6.45, 7) is 5.41. The van der Waals surface area contributed by atoms with Crippen molar-refractivity contribution in [2.24, 2.45) is 0 Å². The molecule has 6 nitrogen and oxygen atoms in total. The lowest BCUT2D eigenvalue weighted by atomic mass is 10.3. The second kappa shape index (κ2) is 7.98. The molecule has 0 spiro atoms. The van der Waals surface area contributed by atoms with E-state index in [0.29, 0.717) is 5.75 Å². The molecule has 134 valence electrons. The van der Waals surface area contributed by atoms with Gasteiger partial charge in [-0.2, -0.15) is 0 Å². The number of sulfonamides is 1. The lowest BCUT2D eigenvalue weighted by molar-refractivity contribution is -0.127. The van der Waals surface area contributed by atoms with Gasteiger partial charge in [-0.1, -0.05) is 12.8 Å². The van der Waals surface area contributed by atoms with Gasteiger partial charge in [-0.25, -0.2) is 13.1 Å². The summed E-state index contributed by atoms with van der Waals surface area (Å²) in [4.78, 5) is 12.0. The van der Waals surface area contributed by atoms with Crippen molar-refractivity contribution >= 4 is 15.9 Å². The van der Waals surface area contributed by atoms with E-state index in [1.54, 1.807) is 19.1 Å². The van der Waals surface area contributed by atoms with Crippen LogP contribution < -0.4 is 14.8 Å². The highest BCUT2D eigenvalue weighted by atomic mass is 32.2. The first kappa shape index (κ1) is 18.7. The van der Waals surface area contributed by atoms with Crippen LogP contribution >= 0.6 is 0 Å². The van der Waals surface area contributed by atoms with Crippen LogP contribution in [0.5, 0.6) is 5.75 Å². The smallest absolute Gasteiger partial charge is 0.260 e. The van der Waals surface area contributed by atoms with Crippen LogP contribution in [-0.2, 0) is 14.8 Å². The number of ether oxygens (including phenoxy) is 1. The van der Waals surface area contributed by atoms with Gasteiger partial charge in [-0.15, -0.1) is 0 Å². The summed E-state index contributed by atoms with van der Waals surface area (Å²) in [7, 11) is -3.51. The van der Waals surface area contributed by atoms with Gasteiger partial charge >= 0.3 is 0 Å². The van der Waals surface area contributed by atoms with Gasteiger partial charge < -0.3 is 10.1 Å². The molecule has 2 rings (SSSR count). The Balaban J connectivity index is 1.98. The van der Waals surface area contributed by atoms with Gasteiger partial charge in [-0.05, 0) is 57.9 Å². The molecule has 0 aromatic heterocycles. The minimum Gasteiger partial charge on any atom is -0.481 e. The van der Waals surface area contributed by atoms with E-state index in [9.17, 15) is 13.2 Å². The average molecular weight is 354 g/mol. The first-order chi connectivity index (χ1) is 11.3. The number of rotatable bonds is 7. The molecule has 0 unspecified atom stereocenters. The van der Waals surface area contributed by atoms with Crippen LogP contribution in [0.2, 0.25) is 0 Å². The molecular weight excluding hydrogens is 328 g/mol. The molecule has 1 amide bonds. The number of hydrogen-bond acceptors (Lipinski definition) is 4. The molecule has 1 fully saturated rings. The molecule has 0 saturated heterocycles. The van der Waals surface area contributed by atoms with E-state index >= 15 is 0 Å². The van der Waals surface area contributed by atoms with Gasteiger partial charge in [0.15, 0.2) is 6.10 Å². The molecule has 1 saturated carbocycles. The number of benzene rings is 1. The Bertz CT molecular complexity index is 650. The van der Waals surface area contributed by atoms with E-state index in [2.05, 4.69) is 10.0 Å². The standard InChI is InChI=1S/C17H26N2O4S/c1-12(2)18-17(20)13(3)23-15-8-10-16(11-9-15)24(21,22)19-14-6-4-5-7-14/h8-14,19H,4-7H2,1-3H3,(H,18,20)/t13-/m0/s1. The van der Waals surface area contributed by atoms with Crippen LogP contribution in [0.15, 0.2) is 29.2 Å². The molecule has 1 aromatic rings. The normalized spacial score (nSPS) is 17.0. The Labute approximate surface area is 144 Å². The van der Waals surface area contributed by atoms with Crippen LogP contribution in [0.1, 0.15) is 46.5 Å². The third kappa shape index (κ3) is 5.21. The van der Waals surface area contributed by atoms with Crippen molar-refractivity contribution < 1.29 is 17.9 Å². The zero-order valence-corrected chi connectivity index (χ0v) is 15.2. The Morgan fingerprint density at radius 2 is 1.71 bits per heavy atom. The lowest BCUT2D eigenvalue weighted by Gasteiger charge is -2.17. The summed E-state index contributed by atoms with van der Waals surface area (Å²) in [5, 5.41) is 2.77. The minimum absolute atomic E-state index is 0.0330. The fourth-order valence-electron chi connectivity index (χ4n) is 2.69.